The van der Waals surface area contributed by atoms with Crippen LogP contribution in [-0.2, 0) is 26.2 Å². The van der Waals surface area contributed by atoms with Crippen LogP contribution in [0.4, 0.5) is 10.5 Å². The highest BCUT2D eigenvalue weighted by Crippen LogP contribution is 2.37. The van der Waals surface area contributed by atoms with Gasteiger partial charge in [0, 0.05) is 12.6 Å². The van der Waals surface area contributed by atoms with Gasteiger partial charge in [-0.25, -0.2) is 18.2 Å². The second-order valence-electron chi connectivity index (χ2n) is 9.90. The SMILES string of the molecule is CC(C)(C)OC(=O)N1CC(N(OCc2ccccc2)S(=O)(=O)c2ccccc2[N+](=O)[O-])CCC1c1ncns1. The van der Waals surface area contributed by atoms with Crippen molar-refractivity contribution in [2.45, 2.75) is 62.8 Å². The molecule has 0 radical (unpaired) electrons. The van der Waals surface area contributed by atoms with Gasteiger partial charge in [0.1, 0.15) is 16.9 Å². The van der Waals surface area contributed by atoms with Gasteiger partial charge >= 0.3 is 6.09 Å². The zero-order valence-corrected chi connectivity index (χ0v) is 23.3. The standard InChI is InChI=1S/C25H29N5O7S2/c1-25(2,3)37-24(31)28-15-19(13-14-21(28)23-26-17-27-38-23)30(36-16-18-9-5-4-6-10-18)39(34,35)22-12-8-7-11-20(22)29(32)33/h4-12,17,19,21H,13-16H2,1-3H3. The Kier molecular flexibility index (Phi) is 8.59. The fourth-order valence-corrected chi connectivity index (χ4v) is 6.51. The van der Waals surface area contributed by atoms with Crippen molar-refractivity contribution < 1.29 is 27.7 Å². The van der Waals surface area contributed by atoms with Crippen molar-refractivity contribution in [2.75, 3.05) is 6.54 Å². The number of aromatic nitrogens is 2. The lowest BCUT2D eigenvalue weighted by Gasteiger charge is -2.41. The average Bonchev–Trinajstić information content (AvgIpc) is 3.43. The van der Waals surface area contributed by atoms with Gasteiger partial charge in [-0.2, -0.15) is 4.37 Å². The van der Waals surface area contributed by atoms with Crippen molar-refractivity contribution in [1.82, 2.24) is 18.7 Å². The first-order valence-corrected chi connectivity index (χ1v) is 14.4. The smallest absolute Gasteiger partial charge is 0.410 e. The normalized spacial score (nSPS) is 18.2. The molecule has 0 bridgehead atoms. The zero-order chi connectivity index (χ0) is 28.2. The molecule has 14 heteroatoms. The molecule has 3 aromatic rings. The van der Waals surface area contributed by atoms with E-state index in [1.807, 2.05) is 6.07 Å². The molecule has 0 saturated carbocycles. The highest BCUT2D eigenvalue weighted by atomic mass is 32.2. The first kappa shape index (κ1) is 28.5. The molecular formula is C25H29N5O7S2. The number of rotatable bonds is 8. The second kappa shape index (κ2) is 11.7. The molecule has 39 heavy (non-hydrogen) atoms. The molecule has 1 aliphatic rings. The third-order valence-corrected chi connectivity index (χ3v) is 8.47. The van der Waals surface area contributed by atoms with E-state index < -0.39 is 49.3 Å². The van der Waals surface area contributed by atoms with Gasteiger partial charge in [-0.05, 0) is 56.8 Å². The lowest BCUT2D eigenvalue weighted by Crippen LogP contribution is -2.53. The summed E-state index contributed by atoms with van der Waals surface area (Å²) in [5.74, 6) is 0. The summed E-state index contributed by atoms with van der Waals surface area (Å²) in [4.78, 5) is 35.3. The number of sulfonamides is 1. The van der Waals surface area contributed by atoms with E-state index in [2.05, 4.69) is 9.36 Å². The van der Waals surface area contributed by atoms with E-state index in [4.69, 9.17) is 9.57 Å². The lowest BCUT2D eigenvalue weighted by molar-refractivity contribution is -0.388. The molecule has 2 heterocycles. The first-order valence-electron chi connectivity index (χ1n) is 12.2. The van der Waals surface area contributed by atoms with Crippen LogP contribution in [0, 0.1) is 10.1 Å². The minimum Gasteiger partial charge on any atom is -0.444 e. The van der Waals surface area contributed by atoms with Crippen LogP contribution < -0.4 is 0 Å². The van der Waals surface area contributed by atoms with E-state index in [9.17, 15) is 23.3 Å². The number of hydrogen-bond acceptors (Lipinski definition) is 10. The van der Waals surface area contributed by atoms with Crippen molar-refractivity contribution in [3.05, 3.63) is 81.6 Å². The third-order valence-electron chi connectivity index (χ3n) is 5.92. The molecule has 1 fully saturated rings. The van der Waals surface area contributed by atoms with Crippen molar-refractivity contribution >= 4 is 33.3 Å². The predicted molar refractivity (Wildman–Crippen MR) is 142 cm³/mol. The van der Waals surface area contributed by atoms with Gasteiger partial charge in [0.15, 0.2) is 4.90 Å². The maximum atomic E-state index is 13.9. The molecule has 0 spiro atoms. The van der Waals surface area contributed by atoms with Gasteiger partial charge in [0.05, 0.1) is 23.6 Å². The molecule has 4 rings (SSSR count). The van der Waals surface area contributed by atoms with Crippen LogP contribution in [0.15, 0.2) is 65.8 Å². The summed E-state index contributed by atoms with van der Waals surface area (Å²) < 4.78 is 38.3. The van der Waals surface area contributed by atoms with Crippen molar-refractivity contribution in [2.24, 2.45) is 0 Å². The second-order valence-corrected chi connectivity index (χ2v) is 12.5. The van der Waals surface area contributed by atoms with Crippen molar-refractivity contribution in [3.8, 4) is 0 Å². The number of carbonyl (C=O) groups excluding carboxylic acids is 1. The molecule has 2 aromatic carbocycles. The maximum absolute atomic E-state index is 13.9. The number of amides is 1. The number of piperidine rings is 1. The third kappa shape index (κ3) is 6.76. The van der Waals surface area contributed by atoms with Crippen molar-refractivity contribution in [3.63, 3.8) is 0 Å². The molecule has 1 aromatic heterocycles. The van der Waals surface area contributed by atoms with Gasteiger partial charge in [-0.1, -0.05) is 46.9 Å². The fraction of sp³-hybridized carbons (Fsp3) is 0.400. The summed E-state index contributed by atoms with van der Waals surface area (Å²) >= 11 is 1.14. The number of nitro groups is 1. The highest BCUT2D eigenvalue weighted by Gasteiger charge is 2.44. The Morgan fingerprint density at radius 2 is 1.85 bits per heavy atom. The van der Waals surface area contributed by atoms with Crippen molar-refractivity contribution in [1.29, 1.82) is 0 Å². The van der Waals surface area contributed by atoms with Crippen LogP contribution in [0.5, 0.6) is 0 Å². The number of para-hydroxylation sites is 1. The molecular weight excluding hydrogens is 546 g/mol. The summed E-state index contributed by atoms with van der Waals surface area (Å²) in [7, 11) is -4.54. The highest BCUT2D eigenvalue weighted by molar-refractivity contribution is 7.89. The average molecular weight is 576 g/mol. The molecule has 12 nitrogen and oxygen atoms in total. The zero-order valence-electron chi connectivity index (χ0n) is 21.7. The molecule has 0 N–H and O–H groups in total. The molecule has 1 aliphatic heterocycles. The number of hydrogen-bond donors (Lipinski definition) is 0. The van der Waals surface area contributed by atoms with E-state index in [1.54, 1.807) is 45.0 Å². The van der Waals surface area contributed by atoms with Crippen LogP contribution in [0.3, 0.4) is 0 Å². The lowest BCUT2D eigenvalue weighted by atomic mass is 9.99. The molecule has 2 atom stereocenters. The summed E-state index contributed by atoms with van der Waals surface area (Å²) in [5.41, 5.74) is -0.667. The topological polar surface area (TPSA) is 145 Å². The van der Waals surface area contributed by atoms with Crippen LogP contribution in [-0.4, -0.2) is 56.3 Å². The minimum atomic E-state index is -4.54. The summed E-state index contributed by atoms with van der Waals surface area (Å²) in [5, 5.41) is 12.3. The quantitative estimate of drug-likeness (QED) is 0.275. The summed E-state index contributed by atoms with van der Waals surface area (Å²) in [6.45, 7) is 5.01. The van der Waals surface area contributed by atoms with Gasteiger partial charge in [-0.15, -0.1) is 0 Å². The number of nitrogens with zero attached hydrogens (tertiary/aromatic N) is 5. The van der Waals surface area contributed by atoms with E-state index in [0.29, 0.717) is 17.0 Å². The number of likely N-dealkylation sites (tertiary alicyclic amines) is 1. The summed E-state index contributed by atoms with van der Waals surface area (Å²) in [6.07, 6.45) is 1.39. The maximum Gasteiger partial charge on any atom is 0.410 e. The predicted octanol–water partition coefficient (Wildman–Crippen LogP) is 4.71. The van der Waals surface area contributed by atoms with Gasteiger partial charge in [0.2, 0.25) is 0 Å². The number of benzene rings is 2. The Morgan fingerprint density at radius 1 is 1.15 bits per heavy atom. The Balaban J connectivity index is 1.72. The minimum absolute atomic E-state index is 0.0895. The van der Waals surface area contributed by atoms with E-state index in [0.717, 1.165) is 22.1 Å². The Hall–Kier alpha value is -3.46. The van der Waals surface area contributed by atoms with E-state index in [-0.39, 0.29) is 19.6 Å². The monoisotopic (exact) mass is 575 g/mol. The van der Waals surface area contributed by atoms with E-state index >= 15 is 0 Å². The van der Waals surface area contributed by atoms with E-state index in [1.165, 1.54) is 29.4 Å². The van der Waals surface area contributed by atoms with Gasteiger partial charge in [0.25, 0.3) is 15.7 Å². The number of ether oxygens (including phenoxy) is 1. The van der Waals surface area contributed by atoms with Crippen LogP contribution >= 0.6 is 11.5 Å². The number of nitro benzene ring substituents is 1. The largest absolute Gasteiger partial charge is 0.444 e. The molecule has 1 amide bonds. The first-order chi connectivity index (χ1) is 18.5. The number of hydroxylamine groups is 1. The summed E-state index contributed by atoms with van der Waals surface area (Å²) in [6, 6.07) is 12.7. The molecule has 0 aliphatic carbocycles. The fourth-order valence-electron chi connectivity index (χ4n) is 4.24. The van der Waals surface area contributed by atoms with Gasteiger partial charge in [-0.3, -0.25) is 19.9 Å². The Morgan fingerprint density at radius 3 is 2.49 bits per heavy atom. The van der Waals surface area contributed by atoms with Crippen LogP contribution in [0.25, 0.3) is 0 Å². The Bertz CT molecular complexity index is 1400. The van der Waals surface area contributed by atoms with Crippen LogP contribution in [0.2, 0.25) is 0 Å². The molecule has 1 saturated heterocycles. The molecule has 208 valence electrons. The van der Waals surface area contributed by atoms with Crippen LogP contribution in [0.1, 0.15) is 50.2 Å². The molecule has 2 unspecified atom stereocenters. The Labute approximate surface area is 230 Å². The number of carbonyl (C=O) groups is 1. The van der Waals surface area contributed by atoms with Gasteiger partial charge < -0.3 is 4.74 Å².